The average molecular weight is 356 g/mol. The summed E-state index contributed by atoms with van der Waals surface area (Å²) in [7, 11) is 0. The van der Waals surface area contributed by atoms with Crippen molar-refractivity contribution in [1.82, 2.24) is 19.5 Å². The number of carbonyl (C=O) groups excluding carboxylic acids is 2. The van der Waals surface area contributed by atoms with Crippen LogP contribution in [0.2, 0.25) is 0 Å². The molecule has 4 rings (SSSR count). The molecule has 0 spiro atoms. The van der Waals surface area contributed by atoms with E-state index in [1.165, 1.54) is 15.0 Å². The summed E-state index contributed by atoms with van der Waals surface area (Å²) in [6, 6.07) is 3.77. The smallest absolute Gasteiger partial charge is 0.344 e. The number of aryl methyl sites for hydroxylation is 1. The van der Waals surface area contributed by atoms with E-state index in [0.717, 1.165) is 6.42 Å². The third-order valence-electron chi connectivity index (χ3n) is 4.26. The molecule has 0 aliphatic carbocycles. The maximum absolute atomic E-state index is 12.4. The normalized spacial score (nSPS) is 13.7. The molecule has 0 radical (unpaired) electrons. The fourth-order valence-corrected chi connectivity index (χ4v) is 3.88. The van der Waals surface area contributed by atoms with Crippen molar-refractivity contribution >= 4 is 28.9 Å². The fourth-order valence-electron chi connectivity index (χ4n) is 2.99. The van der Waals surface area contributed by atoms with E-state index in [1.54, 1.807) is 41.6 Å². The Labute approximate surface area is 147 Å². The van der Waals surface area contributed by atoms with Crippen molar-refractivity contribution in [3.05, 3.63) is 51.6 Å². The highest BCUT2D eigenvalue weighted by Crippen LogP contribution is 2.24. The van der Waals surface area contributed by atoms with Crippen LogP contribution in [0.4, 0.5) is 0 Å². The fraction of sp³-hybridized carbons (Fsp3) is 0.294. The first-order valence-corrected chi connectivity index (χ1v) is 8.81. The standard InChI is InChI=1S/C17H16N4O3S/c1-11-15(16-18-5-2-6-21(16)19-11)17(23)24-10-14(22)20-7-3-13-12(9-20)4-8-25-13/h2,4-6,8H,3,7,9-10H2,1H3. The predicted octanol–water partition coefficient (Wildman–Crippen LogP) is 1.84. The van der Waals surface area contributed by atoms with Crippen molar-refractivity contribution in [1.29, 1.82) is 0 Å². The van der Waals surface area contributed by atoms with Gasteiger partial charge in [0.05, 0.1) is 5.69 Å². The highest BCUT2D eigenvalue weighted by molar-refractivity contribution is 7.10. The first-order chi connectivity index (χ1) is 12.1. The molecule has 4 heterocycles. The molecule has 3 aromatic heterocycles. The Morgan fingerprint density at radius 3 is 3.16 bits per heavy atom. The Bertz CT molecular complexity index is 962. The molecule has 3 aromatic rings. The second-order valence-corrected chi connectivity index (χ2v) is 6.86. The number of fused-ring (bicyclic) bond motifs is 2. The van der Waals surface area contributed by atoms with Gasteiger partial charge in [-0.05, 0) is 36.4 Å². The second-order valence-electron chi connectivity index (χ2n) is 5.86. The van der Waals surface area contributed by atoms with Crippen LogP contribution in [0.1, 0.15) is 26.5 Å². The third kappa shape index (κ3) is 2.89. The lowest BCUT2D eigenvalue weighted by Crippen LogP contribution is -2.38. The molecule has 0 saturated carbocycles. The summed E-state index contributed by atoms with van der Waals surface area (Å²) in [5, 5.41) is 6.27. The summed E-state index contributed by atoms with van der Waals surface area (Å²) >= 11 is 1.72. The number of ether oxygens (including phenoxy) is 1. The molecule has 0 aromatic carbocycles. The van der Waals surface area contributed by atoms with Gasteiger partial charge in [-0.3, -0.25) is 4.79 Å². The van der Waals surface area contributed by atoms with E-state index in [1.807, 2.05) is 11.4 Å². The number of hydrogen-bond acceptors (Lipinski definition) is 6. The van der Waals surface area contributed by atoms with Crippen molar-refractivity contribution < 1.29 is 14.3 Å². The lowest BCUT2D eigenvalue weighted by molar-refractivity contribution is -0.135. The summed E-state index contributed by atoms with van der Waals surface area (Å²) in [6.07, 6.45) is 4.15. The molecule has 0 saturated heterocycles. The van der Waals surface area contributed by atoms with Gasteiger partial charge in [0.1, 0.15) is 5.56 Å². The van der Waals surface area contributed by atoms with Gasteiger partial charge >= 0.3 is 5.97 Å². The molecule has 0 bridgehead atoms. The lowest BCUT2D eigenvalue weighted by Gasteiger charge is -2.26. The van der Waals surface area contributed by atoms with Gasteiger partial charge in [0.2, 0.25) is 0 Å². The number of aromatic nitrogens is 3. The minimum absolute atomic E-state index is 0.188. The molecule has 8 heteroatoms. The van der Waals surface area contributed by atoms with E-state index >= 15 is 0 Å². The van der Waals surface area contributed by atoms with E-state index in [0.29, 0.717) is 30.0 Å². The molecule has 0 unspecified atom stereocenters. The number of nitrogens with zero attached hydrogens (tertiary/aromatic N) is 4. The zero-order valence-corrected chi connectivity index (χ0v) is 14.5. The Morgan fingerprint density at radius 1 is 1.40 bits per heavy atom. The second kappa shape index (κ2) is 6.29. The predicted molar refractivity (Wildman–Crippen MR) is 91.4 cm³/mol. The van der Waals surface area contributed by atoms with E-state index in [-0.39, 0.29) is 12.5 Å². The van der Waals surface area contributed by atoms with Gasteiger partial charge < -0.3 is 9.64 Å². The topological polar surface area (TPSA) is 76.8 Å². The Hall–Kier alpha value is -2.74. The van der Waals surface area contributed by atoms with Crippen molar-refractivity contribution in [3.8, 4) is 0 Å². The van der Waals surface area contributed by atoms with Gasteiger partial charge in [0, 0.05) is 30.4 Å². The molecule has 1 amide bonds. The van der Waals surface area contributed by atoms with E-state index in [4.69, 9.17) is 4.74 Å². The Kier molecular flexibility index (Phi) is 3.96. The van der Waals surface area contributed by atoms with Crippen LogP contribution in [0.25, 0.3) is 5.65 Å². The summed E-state index contributed by atoms with van der Waals surface area (Å²) in [4.78, 5) is 32.0. The molecule has 0 atom stereocenters. The number of thiophene rings is 1. The molecule has 128 valence electrons. The lowest BCUT2D eigenvalue weighted by atomic mass is 10.1. The molecule has 1 aliphatic rings. The molecule has 1 aliphatic heterocycles. The summed E-state index contributed by atoms with van der Waals surface area (Å²) < 4.78 is 6.76. The van der Waals surface area contributed by atoms with Crippen LogP contribution in [0.15, 0.2) is 29.9 Å². The van der Waals surface area contributed by atoms with Crippen LogP contribution >= 0.6 is 11.3 Å². The average Bonchev–Trinajstić information content (AvgIpc) is 3.21. The molecular formula is C17H16N4O3S. The van der Waals surface area contributed by atoms with Crippen LogP contribution in [0.3, 0.4) is 0 Å². The molecule has 0 N–H and O–H groups in total. The SMILES string of the molecule is Cc1nn2cccnc2c1C(=O)OCC(=O)N1CCc2sccc2C1. The number of hydrogen-bond donors (Lipinski definition) is 0. The largest absolute Gasteiger partial charge is 0.452 e. The number of amides is 1. The number of esters is 1. The molecule has 25 heavy (non-hydrogen) atoms. The maximum Gasteiger partial charge on any atom is 0.344 e. The van der Waals surface area contributed by atoms with E-state index in [2.05, 4.69) is 10.1 Å². The van der Waals surface area contributed by atoms with Crippen molar-refractivity contribution in [2.24, 2.45) is 0 Å². The van der Waals surface area contributed by atoms with Gasteiger partial charge in [-0.15, -0.1) is 11.3 Å². The van der Waals surface area contributed by atoms with Gasteiger partial charge in [0.15, 0.2) is 12.3 Å². The number of rotatable bonds is 3. The maximum atomic E-state index is 12.4. The van der Waals surface area contributed by atoms with Crippen molar-refractivity contribution in [3.63, 3.8) is 0 Å². The molecule has 7 nitrogen and oxygen atoms in total. The first kappa shape index (κ1) is 15.8. The van der Waals surface area contributed by atoms with Crippen molar-refractivity contribution in [2.75, 3.05) is 13.2 Å². The van der Waals surface area contributed by atoms with Crippen LogP contribution < -0.4 is 0 Å². The zero-order valence-electron chi connectivity index (χ0n) is 13.6. The first-order valence-electron chi connectivity index (χ1n) is 7.93. The summed E-state index contributed by atoms with van der Waals surface area (Å²) in [6.45, 7) is 2.67. The molecular weight excluding hydrogens is 340 g/mol. The van der Waals surface area contributed by atoms with Gasteiger partial charge in [-0.2, -0.15) is 5.10 Å². The minimum atomic E-state index is -0.576. The van der Waals surface area contributed by atoms with Crippen molar-refractivity contribution in [2.45, 2.75) is 19.9 Å². The van der Waals surface area contributed by atoms with Gasteiger partial charge in [0.25, 0.3) is 5.91 Å². The Balaban J connectivity index is 1.43. The van der Waals surface area contributed by atoms with Gasteiger partial charge in [-0.25, -0.2) is 14.3 Å². The zero-order chi connectivity index (χ0) is 17.4. The highest BCUT2D eigenvalue weighted by atomic mass is 32.1. The quantitative estimate of drug-likeness (QED) is 0.669. The summed E-state index contributed by atoms with van der Waals surface area (Å²) in [5.74, 6) is -0.764. The van der Waals surface area contributed by atoms with E-state index in [9.17, 15) is 9.59 Å². The monoisotopic (exact) mass is 356 g/mol. The number of carbonyl (C=O) groups is 2. The van der Waals surface area contributed by atoms with Crippen LogP contribution in [-0.2, 0) is 22.5 Å². The Morgan fingerprint density at radius 2 is 2.28 bits per heavy atom. The van der Waals surface area contributed by atoms with Crippen LogP contribution in [-0.4, -0.2) is 44.5 Å². The highest BCUT2D eigenvalue weighted by Gasteiger charge is 2.24. The van der Waals surface area contributed by atoms with Crippen LogP contribution in [0, 0.1) is 6.92 Å². The minimum Gasteiger partial charge on any atom is -0.452 e. The third-order valence-corrected chi connectivity index (χ3v) is 5.28. The summed E-state index contributed by atoms with van der Waals surface area (Å²) in [5.41, 5.74) is 2.43. The van der Waals surface area contributed by atoms with Gasteiger partial charge in [-0.1, -0.05) is 0 Å². The van der Waals surface area contributed by atoms with Crippen LogP contribution in [0.5, 0.6) is 0 Å². The molecule has 0 fully saturated rings. The van der Waals surface area contributed by atoms with E-state index < -0.39 is 5.97 Å².